The highest BCUT2D eigenvalue weighted by Gasteiger charge is 2.69. The van der Waals surface area contributed by atoms with Crippen LogP contribution in [0.5, 0.6) is 0 Å². The maximum Gasteiger partial charge on any atom is 0.0517 e. The van der Waals surface area contributed by atoms with Gasteiger partial charge in [0.1, 0.15) is 0 Å². The van der Waals surface area contributed by atoms with Crippen LogP contribution in [0.1, 0.15) is 161 Å². The van der Waals surface area contributed by atoms with Crippen LogP contribution in [0, 0.1) is 64.6 Å². The molecule has 314 valence electrons. The average Bonchev–Trinajstić information content (AvgIpc) is 3.78. The molecule has 0 aromatic rings. The summed E-state index contributed by atoms with van der Waals surface area (Å²) in [6, 6.07) is 1.66. The van der Waals surface area contributed by atoms with Crippen molar-refractivity contribution in [2.75, 3.05) is 0 Å². The predicted octanol–water partition coefficient (Wildman–Crippen LogP) is 14.5. The number of hydrogen-bond acceptors (Lipinski definition) is 2. The van der Waals surface area contributed by atoms with E-state index in [4.69, 9.17) is 0 Å². The molecule has 0 radical (unpaired) electrons. The minimum atomic E-state index is 0.327. The first-order valence-electron chi connectivity index (χ1n) is 26.0. The third kappa shape index (κ3) is 6.10. The van der Waals surface area contributed by atoms with Gasteiger partial charge in [-0.3, -0.25) is 0 Å². The number of rotatable bonds is 6. The van der Waals surface area contributed by atoms with E-state index in [2.05, 4.69) is 88.8 Å². The number of hydrogen-bond donors (Lipinski definition) is 0. The van der Waals surface area contributed by atoms with Crippen molar-refractivity contribution in [2.45, 2.75) is 179 Å². The molecule has 2 nitrogen and oxygen atoms in total. The number of allylic oxidation sites excluding steroid dienone is 14. The number of fused-ring (bicyclic) bond motifs is 12. The van der Waals surface area contributed by atoms with Gasteiger partial charge in [0.2, 0.25) is 0 Å². The largest absolute Gasteiger partial charge is 0.362 e. The summed E-state index contributed by atoms with van der Waals surface area (Å²) in [5.74, 6) is 8.13. The molecule has 0 aromatic carbocycles. The van der Waals surface area contributed by atoms with E-state index >= 15 is 0 Å². The van der Waals surface area contributed by atoms with Crippen LogP contribution in [-0.4, -0.2) is 27.9 Å². The van der Waals surface area contributed by atoms with E-state index in [0.29, 0.717) is 35.4 Å². The maximum atomic E-state index is 3.25. The molecule has 59 heavy (non-hydrogen) atoms. The third-order valence-corrected chi connectivity index (χ3v) is 19.7. The van der Waals surface area contributed by atoms with E-state index < -0.39 is 0 Å². The Morgan fingerprint density at radius 2 is 1.39 bits per heavy atom. The zero-order valence-electron chi connectivity index (χ0n) is 36.6. The maximum absolute atomic E-state index is 3.25. The molecule has 1 spiro atoms. The normalized spacial score (nSPS) is 44.4. The van der Waals surface area contributed by atoms with Crippen LogP contribution < -0.4 is 0 Å². The second-order valence-corrected chi connectivity index (χ2v) is 22.1. The lowest BCUT2D eigenvalue weighted by atomic mass is 9.54. The summed E-state index contributed by atoms with van der Waals surface area (Å²) in [5.41, 5.74) is 9.49. The third-order valence-electron chi connectivity index (χ3n) is 19.7. The van der Waals surface area contributed by atoms with Gasteiger partial charge in [0, 0.05) is 34.5 Å². The van der Waals surface area contributed by atoms with Gasteiger partial charge in [-0.1, -0.05) is 117 Å². The SMILES string of the molecule is C1=CCC(N(C2=CCCCC2)C2C=CC3=C(C2)C2(C4C=CCCC4C4C(N(C5=CCCCC5)C5CC6CCCCC6C6C=CCCC65)=CCCC42)C2CCCCC32)C=C1. The van der Waals surface area contributed by atoms with Crippen molar-refractivity contribution in [3.8, 4) is 0 Å². The zero-order chi connectivity index (χ0) is 38.9. The Morgan fingerprint density at radius 3 is 2.24 bits per heavy atom. The highest BCUT2D eigenvalue weighted by Crippen LogP contribution is 2.75. The molecule has 0 aromatic heterocycles. The van der Waals surface area contributed by atoms with Gasteiger partial charge in [-0.2, -0.15) is 0 Å². The summed E-state index contributed by atoms with van der Waals surface area (Å²) >= 11 is 0. The van der Waals surface area contributed by atoms with Crippen LogP contribution in [-0.2, 0) is 0 Å². The predicted molar refractivity (Wildman–Crippen MR) is 245 cm³/mol. The van der Waals surface area contributed by atoms with Gasteiger partial charge in [0.05, 0.1) is 12.1 Å². The van der Waals surface area contributed by atoms with E-state index in [1.165, 1.54) is 154 Å². The first kappa shape index (κ1) is 38.0. The highest BCUT2D eigenvalue weighted by atomic mass is 15.2. The standard InChI is InChI=1S/C57H76N2/c1-4-20-40(21-5-1)58(41-22-6-2-7-23-41)43-35-36-47-46-28-14-16-31-50(46)57(53(47)38-43)51-32-17-15-30-49(51)56-52(57)33-18-34-54(56)59(42-24-8-3-9-25-42)55-37-39-19-10-11-26-44(39)45-27-12-13-29-48(45)55/h1,4-5,12,17,20,22,24,27,32,34-36,39-40,43-46,48-52,55-56H,2-3,6-11,13-16,18-19,21,23,25-26,28-31,33,37-38H2. The molecule has 2 heteroatoms. The van der Waals surface area contributed by atoms with Crippen LogP contribution in [0.15, 0.2) is 107 Å². The van der Waals surface area contributed by atoms with Gasteiger partial charge < -0.3 is 9.80 Å². The van der Waals surface area contributed by atoms with Crippen LogP contribution in [0.25, 0.3) is 0 Å². The van der Waals surface area contributed by atoms with Gasteiger partial charge in [-0.25, -0.2) is 0 Å². The Kier molecular flexibility index (Phi) is 10.2. The zero-order valence-corrected chi connectivity index (χ0v) is 36.6. The molecule has 0 N–H and O–H groups in total. The number of nitrogens with zero attached hydrogens (tertiary/aromatic N) is 2. The first-order valence-corrected chi connectivity index (χ1v) is 26.0. The Morgan fingerprint density at radius 1 is 0.576 bits per heavy atom. The minimum Gasteiger partial charge on any atom is -0.362 e. The topological polar surface area (TPSA) is 6.48 Å². The fraction of sp³-hybridized carbons (Fsp3) is 0.684. The van der Waals surface area contributed by atoms with Crippen molar-refractivity contribution >= 4 is 0 Å². The van der Waals surface area contributed by atoms with Gasteiger partial charge in [-0.15, -0.1) is 0 Å². The molecule has 0 bridgehead atoms. The molecule has 12 aliphatic rings. The Balaban J connectivity index is 0.969. The summed E-state index contributed by atoms with van der Waals surface area (Å²) in [7, 11) is 0. The Labute approximate surface area is 358 Å². The van der Waals surface area contributed by atoms with Crippen molar-refractivity contribution in [3.05, 3.63) is 107 Å². The summed E-state index contributed by atoms with van der Waals surface area (Å²) in [6.07, 6.45) is 68.9. The molecule has 12 aliphatic carbocycles. The summed E-state index contributed by atoms with van der Waals surface area (Å²) < 4.78 is 0. The summed E-state index contributed by atoms with van der Waals surface area (Å²) in [6.45, 7) is 0. The molecule has 4 saturated carbocycles. The molecule has 0 amide bonds. The van der Waals surface area contributed by atoms with E-state index in [1.807, 2.05) is 16.8 Å². The quantitative estimate of drug-likeness (QED) is 0.247. The van der Waals surface area contributed by atoms with Gasteiger partial charge in [-0.05, 0) is 187 Å². The van der Waals surface area contributed by atoms with Crippen molar-refractivity contribution in [1.29, 1.82) is 0 Å². The minimum absolute atomic E-state index is 0.327. The molecule has 0 aliphatic heterocycles. The molecule has 0 heterocycles. The van der Waals surface area contributed by atoms with Crippen molar-refractivity contribution in [1.82, 2.24) is 9.80 Å². The van der Waals surface area contributed by atoms with E-state index in [1.54, 1.807) is 11.4 Å². The monoisotopic (exact) mass is 789 g/mol. The smallest absolute Gasteiger partial charge is 0.0517 e. The van der Waals surface area contributed by atoms with Crippen LogP contribution >= 0.6 is 0 Å². The summed E-state index contributed by atoms with van der Waals surface area (Å²) in [5, 5.41) is 0. The molecule has 12 rings (SSSR count). The fourth-order valence-electron chi connectivity index (χ4n) is 17.9. The Hall–Kier alpha value is -2.74. The Bertz CT molecular complexity index is 1890. The molecule has 14 unspecified atom stereocenters. The van der Waals surface area contributed by atoms with Gasteiger partial charge in [0.15, 0.2) is 0 Å². The molecule has 14 atom stereocenters. The lowest BCUT2D eigenvalue weighted by molar-refractivity contribution is 0.00204. The molecule has 4 fully saturated rings. The summed E-state index contributed by atoms with van der Waals surface area (Å²) in [4.78, 5) is 6.22. The lowest BCUT2D eigenvalue weighted by Crippen LogP contribution is -2.53. The first-order chi connectivity index (χ1) is 29.3. The molecular weight excluding hydrogens is 713 g/mol. The molecule has 0 saturated heterocycles. The van der Waals surface area contributed by atoms with Gasteiger partial charge in [0.25, 0.3) is 0 Å². The van der Waals surface area contributed by atoms with Crippen LogP contribution in [0.3, 0.4) is 0 Å². The van der Waals surface area contributed by atoms with Crippen LogP contribution in [0.4, 0.5) is 0 Å². The lowest BCUT2D eigenvalue weighted by Gasteiger charge is -2.56. The average molecular weight is 789 g/mol. The second kappa shape index (κ2) is 15.9. The van der Waals surface area contributed by atoms with Crippen molar-refractivity contribution in [2.24, 2.45) is 64.6 Å². The van der Waals surface area contributed by atoms with E-state index in [0.717, 1.165) is 53.8 Å². The van der Waals surface area contributed by atoms with Gasteiger partial charge >= 0.3 is 0 Å². The van der Waals surface area contributed by atoms with Crippen molar-refractivity contribution in [3.63, 3.8) is 0 Å². The molecular formula is C57H76N2. The van der Waals surface area contributed by atoms with Crippen LogP contribution in [0.2, 0.25) is 0 Å². The van der Waals surface area contributed by atoms with E-state index in [9.17, 15) is 0 Å². The highest BCUT2D eigenvalue weighted by molar-refractivity contribution is 5.50. The van der Waals surface area contributed by atoms with E-state index in [-0.39, 0.29) is 0 Å². The fourth-order valence-corrected chi connectivity index (χ4v) is 17.9. The second-order valence-electron chi connectivity index (χ2n) is 22.1. The van der Waals surface area contributed by atoms with Crippen molar-refractivity contribution < 1.29 is 0 Å².